The van der Waals surface area contributed by atoms with Gasteiger partial charge in [-0.25, -0.2) is 0 Å². The third kappa shape index (κ3) is 5.66. The molecular weight excluding hydrogens is 366 g/mol. The molecule has 3 heteroatoms. The summed E-state index contributed by atoms with van der Waals surface area (Å²) >= 11 is 5.98. The second-order valence-electron chi connectivity index (χ2n) is 7.07. The Morgan fingerprint density at radius 2 is 1.57 bits per heavy atom. The van der Waals surface area contributed by atoms with Crippen LogP contribution in [0.2, 0.25) is 5.02 Å². The van der Waals surface area contributed by atoms with E-state index in [-0.39, 0.29) is 5.78 Å². The summed E-state index contributed by atoms with van der Waals surface area (Å²) in [5.74, 6) is 0.0251. The summed E-state index contributed by atoms with van der Waals surface area (Å²) in [6.45, 7) is 3.39. The maximum atomic E-state index is 13.2. The average molecular weight is 390 g/mol. The van der Waals surface area contributed by atoms with Crippen LogP contribution in [0.15, 0.2) is 84.4 Å². The summed E-state index contributed by atoms with van der Waals surface area (Å²) in [5.41, 5.74) is 4.85. The number of likely N-dealkylation sites (N-methyl/N-ethyl adjacent to an activating group) is 1. The van der Waals surface area contributed by atoms with E-state index in [9.17, 15) is 4.79 Å². The molecule has 3 aromatic rings. The van der Waals surface area contributed by atoms with E-state index in [2.05, 4.69) is 36.1 Å². The number of carbonyl (C=O) groups excluding carboxylic acids is 1. The van der Waals surface area contributed by atoms with E-state index in [4.69, 9.17) is 11.6 Å². The maximum Gasteiger partial charge on any atom is 0.190 e. The molecular formula is C25H24ClNO. The first kappa shape index (κ1) is 20.1. The fraction of sp³-hybridized carbons (Fsp3) is 0.160. The number of rotatable bonds is 7. The van der Waals surface area contributed by atoms with Gasteiger partial charge in [0.15, 0.2) is 5.78 Å². The zero-order chi connectivity index (χ0) is 19.9. The number of nitrogens with zero attached hydrogens (tertiary/aromatic N) is 1. The fourth-order valence-electron chi connectivity index (χ4n) is 3.08. The highest BCUT2D eigenvalue weighted by molar-refractivity contribution is 6.30. The number of halogens is 1. The molecule has 0 atom stereocenters. The fourth-order valence-corrected chi connectivity index (χ4v) is 3.20. The average Bonchev–Trinajstić information content (AvgIpc) is 2.70. The van der Waals surface area contributed by atoms with E-state index in [0.717, 1.165) is 17.7 Å². The van der Waals surface area contributed by atoms with Gasteiger partial charge in [-0.15, -0.1) is 0 Å². The molecule has 0 bridgehead atoms. The molecule has 0 unspecified atom stereocenters. The van der Waals surface area contributed by atoms with Crippen molar-refractivity contribution in [2.75, 3.05) is 13.6 Å². The van der Waals surface area contributed by atoms with Crippen molar-refractivity contribution in [3.05, 3.63) is 112 Å². The van der Waals surface area contributed by atoms with E-state index in [1.165, 1.54) is 11.1 Å². The monoisotopic (exact) mass is 389 g/mol. The normalized spacial score (nSPS) is 11.6. The van der Waals surface area contributed by atoms with Crippen molar-refractivity contribution >= 4 is 23.5 Å². The smallest absolute Gasteiger partial charge is 0.190 e. The molecule has 0 aliphatic heterocycles. The van der Waals surface area contributed by atoms with Crippen molar-refractivity contribution in [3.8, 4) is 0 Å². The predicted octanol–water partition coefficient (Wildman–Crippen LogP) is 6.05. The molecule has 0 saturated heterocycles. The van der Waals surface area contributed by atoms with Gasteiger partial charge < -0.3 is 0 Å². The van der Waals surface area contributed by atoms with Crippen LogP contribution < -0.4 is 0 Å². The first-order chi connectivity index (χ1) is 13.5. The first-order valence-corrected chi connectivity index (χ1v) is 9.69. The Morgan fingerprint density at radius 1 is 0.929 bits per heavy atom. The van der Waals surface area contributed by atoms with Gasteiger partial charge in [0, 0.05) is 29.2 Å². The van der Waals surface area contributed by atoms with Gasteiger partial charge >= 0.3 is 0 Å². The minimum atomic E-state index is 0.0251. The number of ketones is 1. The third-order valence-corrected chi connectivity index (χ3v) is 4.80. The molecule has 0 aromatic heterocycles. The van der Waals surface area contributed by atoms with Gasteiger partial charge in [0.1, 0.15) is 0 Å². The lowest BCUT2D eigenvalue weighted by Crippen LogP contribution is -2.24. The molecule has 0 N–H and O–H groups in total. The number of hydrogen-bond donors (Lipinski definition) is 0. The van der Waals surface area contributed by atoms with Crippen molar-refractivity contribution in [2.24, 2.45) is 0 Å². The third-order valence-electron chi connectivity index (χ3n) is 4.55. The van der Waals surface area contributed by atoms with Gasteiger partial charge in [0.05, 0.1) is 0 Å². The lowest BCUT2D eigenvalue weighted by atomic mass is 10.00. The quantitative estimate of drug-likeness (QED) is 0.362. The molecule has 0 aliphatic rings. The maximum absolute atomic E-state index is 13.2. The van der Waals surface area contributed by atoms with Gasteiger partial charge in [-0.1, -0.05) is 71.8 Å². The highest BCUT2D eigenvalue weighted by Crippen LogP contribution is 2.18. The molecule has 0 saturated carbocycles. The molecule has 2 nitrogen and oxygen atoms in total. The Kier molecular flexibility index (Phi) is 6.80. The zero-order valence-electron chi connectivity index (χ0n) is 16.2. The Labute approximate surface area is 172 Å². The molecule has 142 valence electrons. The zero-order valence-corrected chi connectivity index (χ0v) is 17.0. The lowest BCUT2D eigenvalue weighted by Gasteiger charge is -2.19. The van der Waals surface area contributed by atoms with E-state index in [1.54, 1.807) is 24.3 Å². The molecule has 0 aliphatic carbocycles. The van der Waals surface area contributed by atoms with Gasteiger partial charge in [0.2, 0.25) is 0 Å². The summed E-state index contributed by atoms with van der Waals surface area (Å²) in [7, 11) is 2.03. The summed E-state index contributed by atoms with van der Waals surface area (Å²) in [6, 6.07) is 25.6. The van der Waals surface area contributed by atoms with Gasteiger partial charge in [-0.3, -0.25) is 9.69 Å². The summed E-state index contributed by atoms with van der Waals surface area (Å²) in [4.78, 5) is 15.3. The topological polar surface area (TPSA) is 20.3 Å². The van der Waals surface area contributed by atoms with E-state index < -0.39 is 0 Å². The SMILES string of the molecule is Cc1ccc(/C=C(\CN(C)Cc2ccccc2)C(=O)c2ccc(Cl)cc2)cc1. The van der Waals surface area contributed by atoms with Crippen LogP contribution in [0.4, 0.5) is 0 Å². The summed E-state index contributed by atoms with van der Waals surface area (Å²) in [5, 5.41) is 0.627. The molecule has 0 fully saturated rings. The van der Waals surface area contributed by atoms with Crippen LogP contribution in [0, 0.1) is 6.92 Å². The highest BCUT2D eigenvalue weighted by atomic mass is 35.5. The second-order valence-corrected chi connectivity index (χ2v) is 7.51. The summed E-state index contributed by atoms with van der Waals surface area (Å²) < 4.78 is 0. The second kappa shape index (κ2) is 9.50. The standard InChI is InChI=1S/C25H24ClNO/c1-19-8-10-20(11-9-19)16-23(25(28)22-12-14-24(26)15-13-22)18-27(2)17-21-6-4-3-5-7-21/h3-16H,17-18H2,1-2H3/b23-16+. The molecule has 0 spiro atoms. The minimum Gasteiger partial charge on any atom is -0.298 e. The van der Waals surface area contributed by atoms with Crippen molar-refractivity contribution < 1.29 is 4.79 Å². The molecule has 0 amide bonds. The van der Waals surface area contributed by atoms with Gasteiger partial charge in [-0.05, 0) is 55.4 Å². The number of Topliss-reactive ketones (excluding diaryl/α,β-unsaturated/α-hetero) is 1. The van der Waals surface area contributed by atoms with E-state index in [0.29, 0.717) is 17.1 Å². The Morgan fingerprint density at radius 3 is 2.21 bits per heavy atom. The van der Waals surface area contributed by atoms with Crippen LogP contribution in [-0.4, -0.2) is 24.3 Å². The van der Waals surface area contributed by atoms with E-state index in [1.807, 2.05) is 43.5 Å². The molecule has 28 heavy (non-hydrogen) atoms. The van der Waals surface area contributed by atoms with Crippen LogP contribution in [-0.2, 0) is 6.54 Å². The number of carbonyl (C=O) groups is 1. The summed E-state index contributed by atoms with van der Waals surface area (Å²) in [6.07, 6.45) is 1.98. The largest absolute Gasteiger partial charge is 0.298 e. The molecule has 0 heterocycles. The molecule has 0 radical (unpaired) electrons. The van der Waals surface area contributed by atoms with Crippen molar-refractivity contribution in [1.82, 2.24) is 4.90 Å². The first-order valence-electron chi connectivity index (χ1n) is 9.31. The lowest BCUT2D eigenvalue weighted by molar-refractivity contribution is 0.102. The Balaban J connectivity index is 1.86. The number of benzene rings is 3. The minimum absolute atomic E-state index is 0.0251. The van der Waals surface area contributed by atoms with Crippen LogP contribution in [0.25, 0.3) is 6.08 Å². The van der Waals surface area contributed by atoms with Crippen molar-refractivity contribution in [2.45, 2.75) is 13.5 Å². The predicted molar refractivity (Wildman–Crippen MR) is 118 cm³/mol. The highest BCUT2D eigenvalue weighted by Gasteiger charge is 2.15. The van der Waals surface area contributed by atoms with Crippen LogP contribution >= 0.6 is 11.6 Å². The van der Waals surface area contributed by atoms with Crippen LogP contribution in [0.3, 0.4) is 0 Å². The van der Waals surface area contributed by atoms with Gasteiger partial charge in [-0.2, -0.15) is 0 Å². The van der Waals surface area contributed by atoms with Gasteiger partial charge in [0.25, 0.3) is 0 Å². The van der Waals surface area contributed by atoms with Crippen LogP contribution in [0.5, 0.6) is 0 Å². The van der Waals surface area contributed by atoms with Crippen molar-refractivity contribution in [1.29, 1.82) is 0 Å². The van der Waals surface area contributed by atoms with Crippen molar-refractivity contribution in [3.63, 3.8) is 0 Å². The van der Waals surface area contributed by atoms with Crippen LogP contribution in [0.1, 0.15) is 27.0 Å². The van der Waals surface area contributed by atoms with E-state index >= 15 is 0 Å². The number of hydrogen-bond acceptors (Lipinski definition) is 2. The molecule has 3 rings (SSSR count). The Hall–Kier alpha value is -2.68. The Bertz CT molecular complexity index is 944. The molecule has 3 aromatic carbocycles. The number of aryl methyl sites for hydroxylation is 1.